The van der Waals surface area contributed by atoms with Crippen LogP contribution in [0.4, 0.5) is 4.79 Å². The van der Waals surface area contributed by atoms with E-state index in [0.29, 0.717) is 5.56 Å². The molecule has 118 valence electrons. The van der Waals surface area contributed by atoms with Gasteiger partial charge in [-0.25, -0.2) is 4.79 Å². The van der Waals surface area contributed by atoms with Crippen molar-refractivity contribution in [3.05, 3.63) is 29.8 Å². The molecule has 1 amide bonds. The first-order valence-corrected chi connectivity index (χ1v) is 7.49. The van der Waals surface area contributed by atoms with Crippen LogP contribution in [0.1, 0.15) is 50.4 Å². The van der Waals surface area contributed by atoms with Gasteiger partial charge >= 0.3 is 6.09 Å². The van der Waals surface area contributed by atoms with Crippen LogP contribution in [0.2, 0.25) is 0 Å². The van der Waals surface area contributed by atoms with Crippen molar-refractivity contribution < 1.29 is 19.1 Å². The van der Waals surface area contributed by atoms with E-state index in [1.807, 2.05) is 20.8 Å². The van der Waals surface area contributed by atoms with Crippen molar-refractivity contribution in [2.45, 2.75) is 56.8 Å². The fourth-order valence-corrected chi connectivity index (χ4v) is 3.32. The standard InChI is InChI=1S/C17H21NO4/c1-15(2,3)22-14(20)18-16-9-17(10-16,11-16)21-13-6-4-12(8-19)5-7-13/h4-8H,9-11H2,1-3H3,(H,18,20). The lowest BCUT2D eigenvalue weighted by molar-refractivity contribution is -0.199. The highest BCUT2D eigenvalue weighted by Crippen LogP contribution is 2.62. The molecule has 2 bridgehead atoms. The van der Waals surface area contributed by atoms with E-state index in [0.717, 1.165) is 31.3 Å². The topological polar surface area (TPSA) is 64.6 Å². The maximum atomic E-state index is 11.8. The monoisotopic (exact) mass is 303 g/mol. The minimum atomic E-state index is -0.484. The van der Waals surface area contributed by atoms with Gasteiger partial charge in [0, 0.05) is 24.8 Å². The molecule has 0 spiro atoms. The van der Waals surface area contributed by atoms with Gasteiger partial charge in [0.05, 0.1) is 5.54 Å². The normalized spacial score (nSPS) is 28.9. The zero-order valence-corrected chi connectivity index (χ0v) is 13.1. The summed E-state index contributed by atoms with van der Waals surface area (Å²) in [5, 5.41) is 2.96. The molecule has 1 aromatic rings. The number of nitrogens with one attached hydrogen (secondary N) is 1. The Kier molecular flexibility index (Phi) is 3.20. The molecule has 0 heterocycles. The Labute approximate surface area is 130 Å². The summed E-state index contributed by atoms with van der Waals surface area (Å²) in [6, 6.07) is 7.08. The fourth-order valence-electron chi connectivity index (χ4n) is 3.32. The predicted molar refractivity (Wildman–Crippen MR) is 81.1 cm³/mol. The molecule has 1 aromatic carbocycles. The summed E-state index contributed by atoms with van der Waals surface area (Å²) in [7, 11) is 0. The highest BCUT2D eigenvalue weighted by molar-refractivity contribution is 5.74. The Balaban J connectivity index is 1.51. The van der Waals surface area contributed by atoms with E-state index >= 15 is 0 Å². The zero-order valence-electron chi connectivity index (χ0n) is 13.1. The fraction of sp³-hybridized carbons (Fsp3) is 0.529. The van der Waals surface area contributed by atoms with Crippen molar-refractivity contribution in [2.24, 2.45) is 0 Å². The molecule has 0 unspecified atom stereocenters. The molecule has 5 heteroatoms. The summed E-state index contributed by atoms with van der Waals surface area (Å²) in [6.45, 7) is 5.55. The van der Waals surface area contributed by atoms with Gasteiger partial charge in [-0.05, 0) is 45.0 Å². The van der Waals surface area contributed by atoms with Crippen LogP contribution in [0.25, 0.3) is 0 Å². The molecule has 5 nitrogen and oxygen atoms in total. The lowest BCUT2D eigenvalue weighted by Crippen LogP contribution is -2.80. The van der Waals surface area contributed by atoms with E-state index in [4.69, 9.17) is 9.47 Å². The number of benzene rings is 1. The first-order valence-electron chi connectivity index (χ1n) is 7.49. The van der Waals surface area contributed by atoms with Crippen LogP contribution in [0.5, 0.6) is 5.75 Å². The van der Waals surface area contributed by atoms with Gasteiger partial charge in [0.2, 0.25) is 0 Å². The number of amides is 1. The number of hydrogen-bond acceptors (Lipinski definition) is 4. The number of carbonyl (C=O) groups excluding carboxylic acids is 2. The summed E-state index contributed by atoms with van der Waals surface area (Å²) in [5.74, 6) is 0.760. The average Bonchev–Trinajstić information content (AvgIpc) is 2.33. The number of alkyl carbamates (subject to hydrolysis) is 1. The maximum Gasteiger partial charge on any atom is 0.408 e. The largest absolute Gasteiger partial charge is 0.487 e. The van der Waals surface area contributed by atoms with E-state index in [1.165, 1.54) is 0 Å². The predicted octanol–water partition coefficient (Wildman–Crippen LogP) is 3.08. The second-order valence-corrected chi connectivity index (χ2v) is 7.41. The zero-order chi connectivity index (χ0) is 16.0. The molecule has 0 atom stereocenters. The Morgan fingerprint density at radius 1 is 1.18 bits per heavy atom. The van der Waals surface area contributed by atoms with E-state index in [9.17, 15) is 9.59 Å². The van der Waals surface area contributed by atoms with Crippen LogP contribution in [0.15, 0.2) is 24.3 Å². The third-order valence-electron chi connectivity index (χ3n) is 4.10. The van der Waals surface area contributed by atoms with E-state index in [-0.39, 0.29) is 17.2 Å². The third kappa shape index (κ3) is 2.80. The van der Waals surface area contributed by atoms with Crippen molar-refractivity contribution in [2.75, 3.05) is 0 Å². The van der Waals surface area contributed by atoms with E-state index in [2.05, 4.69) is 5.32 Å². The van der Waals surface area contributed by atoms with Gasteiger partial charge in [0.1, 0.15) is 23.2 Å². The van der Waals surface area contributed by atoms with Crippen molar-refractivity contribution in [3.8, 4) is 5.75 Å². The second kappa shape index (κ2) is 4.73. The molecule has 0 aromatic heterocycles. The molecule has 3 fully saturated rings. The maximum absolute atomic E-state index is 11.8. The van der Waals surface area contributed by atoms with Gasteiger partial charge < -0.3 is 14.8 Å². The molecule has 22 heavy (non-hydrogen) atoms. The minimum absolute atomic E-state index is 0.162. The lowest BCUT2D eigenvalue weighted by Gasteiger charge is -2.68. The average molecular weight is 303 g/mol. The van der Waals surface area contributed by atoms with Crippen LogP contribution < -0.4 is 10.1 Å². The Morgan fingerprint density at radius 2 is 1.77 bits per heavy atom. The Bertz CT molecular complexity index is 580. The molecule has 3 aliphatic rings. The van der Waals surface area contributed by atoms with Gasteiger partial charge in [-0.3, -0.25) is 4.79 Å². The van der Waals surface area contributed by atoms with Crippen molar-refractivity contribution in [3.63, 3.8) is 0 Å². The SMILES string of the molecule is CC(C)(C)OC(=O)NC12CC(Oc3ccc(C=O)cc3)(C1)C2. The van der Waals surface area contributed by atoms with Gasteiger partial charge in [0.25, 0.3) is 0 Å². The molecule has 1 N–H and O–H groups in total. The highest BCUT2D eigenvalue weighted by atomic mass is 16.6. The summed E-state index contributed by atoms with van der Waals surface area (Å²) in [6.07, 6.45) is 2.85. The van der Waals surface area contributed by atoms with Crippen LogP contribution in [0, 0.1) is 0 Å². The minimum Gasteiger partial charge on any atom is -0.487 e. The molecular weight excluding hydrogens is 282 g/mol. The quantitative estimate of drug-likeness (QED) is 0.868. The summed E-state index contributed by atoms with van der Waals surface area (Å²) in [4.78, 5) is 22.4. The first-order chi connectivity index (χ1) is 10.2. The summed E-state index contributed by atoms with van der Waals surface area (Å²) in [5.41, 5.74) is -0.182. The van der Waals surface area contributed by atoms with E-state index < -0.39 is 5.60 Å². The molecule has 0 radical (unpaired) electrons. The van der Waals surface area contributed by atoms with Gasteiger partial charge in [-0.15, -0.1) is 0 Å². The molecule has 3 aliphatic carbocycles. The molecule has 4 rings (SSSR count). The second-order valence-electron chi connectivity index (χ2n) is 7.41. The van der Waals surface area contributed by atoms with Crippen LogP contribution in [0.3, 0.4) is 0 Å². The number of aldehydes is 1. The highest BCUT2D eigenvalue weighted by Gasteiger charge is 2.71. The third-order valence-corrected chi connectivity index (χ3v) is 4.10. The van der Waals surface area contributed by atoms with Crippen molar-refractivity contribution in [1.82, 2.24) is 5.32 Å². The number of ether oxygens (including phenoxy) is 2. The van der Waals surface area contributed by atoms with Crippen LogP contribution >= 0.6 is 0 Å². The summed E-state index contributed by atoms with van der Waals surface area (Å²) < 4.78 is 11.3. The summed E-state index contributed by atoms with van der Waals surface area (Å²) >= 11 is 0. The molecule has 3 saturated carbocycles. The molecule has 0 aliphatic heterocycles. The first kappa shape index (κ1) is 14.9. The Morgan fingerprint density at radius 3 is 2.27 bits per heavy atom. The number of rotatable bonds is 4. The lowest BCUT2D eigenvalue weighted by atomic mass is 9.46. The molecule has 0 saturated heterocycles. The number of hydrogen-bond donors (Lipinski definition) is 1. The van der Waals surface area contributed by atoms with Crippen molar-refractivity contribution in [1.29, 1.82) is 0 Å². The van der Waals surface area contributed by atoms with Crippen LogP contribution in [-0.2, 0) is 4.74 Å². The molecular formula is C17H21NO4. The van der Waals surface area contributed by atoms with E-state index in [1.54, 1.807) is 24.3 Å². The van der Waals surface area contributed by atoms with Crippen LogP contribution in [-0.4, -0.2) is 29.1 Å². The Hall–Kier alpha value is -2.04. The number of carbonyl (C=O) groups is 2. The van der Waals surface area contributed by atoms with Crippen molar-refractivity contribution >= 4 is 12.4 Å². The van der Waals surface area contributed by atoms with Gasteiger partial charge in [-0.1, -0.05) is 0 Å². The van der Waals surface area contributed by atoms with Gasteiger partial charge in [-0.2, -0.15) is 0 Å². The van der Waals surface area contributed by atoms with Gasteiger partial charge in [0.15, 0.2) is 0 Å². The smallest absolute Gasteiger partial charge is 0.408 e.